The first-order valence-corrected chi connectivity index (χ1v) is 12.1. The minimum atomic E-state index is -0.0249. The molecule has 4 rings (SSSR count). The van der Waals surface area contributed by atoms with Crippen LogP contribution in [0.3, 0.4) is 0 Å². The molecule has 1 amide bonds. The maximum Gasteiger partial charge on any atom is 0.231 e. The standard InChI is InChI=1S/C26H37N3O3/c1-18(2)15-29-20(4)22(19(3)28-29)9-11-25(30)27-16-26(12-6-5-7-13-26)21-8-10-23-24(14-21)32-17-31-23/h8,10,14,18H,5-7,9,11-13,15-17H2,1-4H3,(H,27,30). The summed E-state index contributed by atoms with van der Waals surface area (Å²) in [6, 6.07) is 6.28. The highest BCUT2D eigenvalue weighted by Crippen LogP contribution is 2.43. The lowest BCUT2D eigenvalue weighted by atomic mass is 9.69. The zero-order chi connectivity index (χ0) is 22.7. The maximum absolute atomic E-state index is 12.8. The van der Waals surface area contributed by atoms with Crippen LogP contribution in [0.2, 0.25) is 0 Å². The molecule has 0 radical (unpaired) electrons. The van der Waals surface area contributed by atoms with Gasteiger partial charge in [0.1, 0.15) is 0 Å². The van der Waals surface area contributed by atoms with E-state index in [9.17, 15) is 4.79 Å². The van der Waals surface area contributed by atoms with E-state index < -0.39 is 0 Å². The minimum absolute atomic E-state index is 0.0249. The van der Waals surface area contributed by atoms with Crippen LogP contribution >= 0.6 is 0 Å². The van der Waals surface area contributed by atoms with Gasteiger partial charge < -0.3 is 14.8 Å². The van der Waals surface area contributed by atoms with Gasteiger partial charge in [-0.1, -0.05) is 39.2 Å². The summed E-state index contributed by atoms with van der Waals surface area (Å²) in [5.41, 5.74) is 4.67. The molecule has 1 aromatic carbocycles. The predicted molar refractivity (Wildman–Crippen MR) is 125 cm³/mol. The summed E-state index contributed by atoms with van der Waals surface area (Å²) in [5, 5.41) is 7.96. The largest absolute Gasteiger partial charge is 0.454 e. The van der Waals surface area contributed by atoms with E-state index in [1.54, 1.807) is 0 Å². The molecule has 0 atom stereocenters. The molecule has 32 heavy (non-hydrogen) atoms. The van der Waals surface area contributed by atoms with E-state index in [1.807, 2.05) is 13.0 Å². The highest BCUT2D eigenvalue weighted by Gasteiger charge is 2.35. The fourth-order valence-corrected chi connectivity index (χ4v) is 5.24. The van der Waals surface area contributed by atoms with E-state index >= 15 is 0 Å². The Labute approximate surface area is 191 Å². The Balaban J connectivity index is 1.40. The number of carbonyl (C=O) groups is 1. The van der Waals surface area contributed by atoms with Gasteiger partial charge in [-0.25, -0.2) is 0 Å². The van der Waals surface area contributed by atoms with Crippen molar-refractivity contribution in [2.45, 2.75) is 84.6 Å². The second kappa shape index (κ2) is 9.55. The number of benzene rings is 1. The van der Waals surface area contributed by atoms with Gasteiger partial charge in [0.05, 0.1) is 5.69 Å². The number of nitrogens with one attached hydrogen (secondary N) is 1. The molecule has 2 aromatic rings. The maximum atomic E-state index is 12.8. The Morgan fingerprint density at radius 1 is 1.16 bits per heavy atom. The Bertz CT molecular complexity index is 957. The average Bonchev–Trinajstić information content (AvgIpc) is 3.35. The molecule has 1 fully saturated rings. The SMILES string of the molecule is Cc1nn(CC(C)C)c(C)c1CCC(=O)NCC1(c2ccc3c(c2)OCO3)CCCCC1. The van der Waals surface area contributed by atoms with Gasteiger partial charge in [-0.15, -0.1) is 0 Å². The van der Waals surface area contributed by atoms with Crippen LogP contribution in [0.1, 0.15) is 74.9 Å². The first-order chi connectivity index (χ1) is 15.4. The molecule has 1 saturated carbocycles. The molecule has 0 unspecified atom stereocenters. The summed E-state index contributed by atoms with van der Waals surface area (Å²) in [7, 11) is 0. The molecule has 6 heteroatoms. The van der Waals surface area contributed by atoms with Gasteiger partial charge >= 0.3 is 0 Å². The normalized spacial score (nSPS) is 17.0. The zero-order valence-electron chi connectivity index (χ0n) is 20.0. The number of amides is 1. The number of aromatic nitrogens is 2. The third-order valence-corrected chi connectivity index (χ3v) is 7.09. The number of nitrogens with zero attached hydrogens (tertiary/aromatic N) is 2. The molecule has 2 aliphatic rings. The van der Waals surface area contributed by atoms with Crippen molar-refractivity contribution in [1.29, 1.82) is 0 Å². The number of ether oxygens (including phenoxy) is 2. The van der Waals surface area contributed by atoms with Gasteiger partial charge in [-0.2, -0.15) is 5.10 Å². The average molecular weight is 440 g/mol. The summed E-state index contributed by atoms with van der Waals surface area (Å²) < 4.78 is 13.2. The third kappa shape index (κ3) is 4.79. The van der Waals surface area contributed by atoms with E-state index in [0.29, 0.717) is 18.9 Å². The molecular weight excluding hydrogens is 402 g/mol. The molecule has 1 N–H and O–H groups in total. The summed E-state index contributed by atoms with van der Waals surface area (Å²) >= 11 is 0. The quantitative estimate of drug-likeness (QED) is 0.639. The molecule has 0 spiro atoms. The van der Waals surface area contributed by atoms with E-state index in [-0.39, 0.29) is 18.1 Å². The van der Waals surface area contributed by atoms with Crippen molar-refractivity contribution in [2.75, 3.05) is 13.3 Å². The molecule has 1 aromatic heterocycles. The van der Waals surface area contributed by atoms with Crippen LogP contribution < -0.4 is 14.8 Å². The predicted octanol–water partition coefficient (Wildman–Crippen LogP) is 4.84. The van der Waals surface area contributed by atoms with Gasteiger partial charge in [-0.3, -0.25) is 9.48 Å². The Hall–Kier alpha value is -2.50. The van der Waals surface area contributed by atoms with Crippen LogP contribution in [0.5, 0.6) is 11.5 Å². The number of rotatable bonds is 8. The molecule has 1 aliphatic heterocycles. The summed E-state index contributed by atoms with van der Waals surface area (Å²) in [6.45, 7) is 10.4. The minimum Gasteiger partial charge on any atom is -0.454 e. The number of carbonyl (C=O) groups excluding carboxylic acids is 1. The third-order valence-electron chi connectivity index (χ3n) is 7.09. The highest BCUT2D eigenvalue weighted by molar-refractivity contribution is 5.76. The first-order valence-electron chi connectivity index (χ1n) is 12.1. The summed E-state index contributed by atoms with van der Waals surface area (Å²) in [6.07, 6.45) is 7.06. The molecule has 174 valence electrons. The molecule has 0 bridgehead atoms. The Morgan fingerprint density at radius 2 is 1.91 bits per heavy atom. The van der Waals surface area contributed by atoms with Crippen molar-refractivity contribution >= 4 is 5.91 Å². The highest BCUT2D eigenvalue weighted by atomic mass is 16.7. The molecule has 0 saturated heterocycles. The van der Waals surface area contributed by atoms with E-state index in [1.165, 1.54) is 36.1 Å². The number of fused-ring (bicyclic) bond motifs is 1. The summed E-state index contributed by atoms with van der Waals surface area (Å²) in [5.74, 6) is 2.30. The topological polar surface area (TPSA) is 65.4 Å². The van der Waals surface area contributed by atoms with Crippen LogP contribution in [0.4, 0.5) is 0 Å². The van der Waals surface area contributed by atoms with Gasteiger partial charge in [0.2, 0.25) is 12.7 Å². The fraction of sp³-hybridized carbons (Fsp3) is 0.615. The van der Waals surface area contributed by atoms with Crippen LogP contribution in [0, 0.1) is 19.8 Å². The molecule has 6 nitrogen and oxygen atoms in total. The second-order valence-electron chi connectivity index (χ2n) is 9.91. The van der Waals surface area contributed by atoms with E-state index in [2.05, 4.69) is 48.0 Å². The molecule has 1 aliphatic carbocycles. The van der Waals surface area contributed by atoms with Crippen LogP contribution in [0.25, 0.3) is 0 Å². The number of hydrogen-bond acceptors (Lipinski definition) is 4. The van der Waals surface area contributed by atoms with Crippen molar-refractivity contribution in [3.05, 3.63) is 40.7 Å². The smallest absolute Gasteiger partial charge is 0.231 e. The lowest BCUT2D eigenvalue weighted by Gasteiger charge is -2.38. The van der Waals surface area contributed by atoms with Crippen LogP contribution in [0.15, 0.2) is 18.2 Å². The monoisotopic (exact) mass is 439 g/mol. The number of aryl methyl sites for hydroxylation is 1. The van der Waals surface area contributed by atoms with Gasteiger partial charge in [0.25, 0.3) is 0 Å². The second-order valence-corrected chi connectivity index (χ2v) is 9.91. The van der Waals surface area contributed by atoms with Gasteiger partial charge in [0, 0.05) is 30.6 Å². The van der Waals surface area contributed by atoms with E-state index in [4.69, 9.17) is 9.47 Å². The van der Waals surface area contributed by atoms with Crippen molar-refractivity contribution in [2.24, 2.45) is 5.92 Å². The van der Waals surface area contributed by atoms with E-state index in [0.717, 1.165) is 43.0 Å². The van der Waals surface area contributed by atoms with Gasteiger partial charge in [0.15, 0.2) is 11.5 Å². The first kappa shape index (κ1) is 22.7. The van der Waals surface area contributed by atoms with Crippen molar-refractivity contribution in [3.8, 4) is 11.5 Å². The Kier molecular flexibility index (Phi) is 6.77. The zero-order valence-corrected chi connectivity index (χ0v) is 20.0. The van der Waals surface area contributed by atoms with Crippen molar-refractivity contribution in [3.63, 3.8) is 0 Å². The Morgan fingerprint density at radius 3 is 2.66 bits per heavy atom. The van der Waals surface area contributed by atoms with Crippen molar-refractivity contribution < 1.29 is 14.3 Å². The number of hydrogen-bond donors (Lipinski definition) is 1. The lowest BCUT2D eigenvalue weighted by Crippen LogP contribution is -2.42. The van der Waals surface area contributed by atoms with Gasteiger partial charge in [-0.05, 0) is 62.3 Å². The van der Waals surface area contributed by atoms with Crippen molar-refractivity contribution in [1.82, 2.24) is 15.1 Å². The fourth-order valence-electron chi connectivity index (χ4n) is 5.24. The van der Waals surface area contributed by atoms with Crippen LogP contribution in [-0.2, 0) is 23.2 Å². The molecular formula is C26H37N3O3. The lowest BCUT2D eigenvalue weighted by molar-refractivity contribution is -0.121. The van der Waals surface area contributed by atoms with Crippen LogP contribution in [-0.4, -0.2) is 29.0 Å². The summed E-state index contributed by atoms with van der Waals surface area (Å²) in [4.78, 5) is 12.8. The molecule has 2 heterocycles.